The van der Waals surface area contributed by atoms with Gasteiger partial charge in [-0.2, -0.15) is 0 Å². The first-order valence-electron chi connectivity index (χ1n) is 8.57. The molecule has 2 aromatic heterocycles. The number of nitrogens with zero attached hydrogens (tertiary/aromatic N) is 1. The zero-order chi connectivity index (χ0) is 17.4. The second-order valence-corrected chi connectivity index (χ2v) is 7.48. The number of aryl methyl sites for hydroxylation is 2. The van der Waals surface area contributed by atoms with Crippen molar-refractivity contribution in [3.8, 4) is 5.75 Å². The van der Waals surface area contributed by atoms with Crippen molar-refractivity contribution in [3.63, 3.8) is 0 Å². The third-order valence-electron chi connectivity index (χ3n) is 4.81. The first kappa shape index (κ1) is 16.3. The molecule has 25 heavy (non-hydrogen) atoms. The summed E-state index contributed by atoms with van der Waals surface area (Å²) < 4.78 is 5.42. The number of aromatic nitrogens is 2. The van der Waals surface area contributed by atoms with Gasteiger partial charge in [0.1, 0.15) is 16.4 Å². The van der Waals surface area contributed by atoms with E-state index >= 15 is 0 Å². The molecule has 2 N–H and O–H groups in total. The van der Waals surface area contributed by atoms with E-state index in [4.69, 9.17) is 4.74 Å². The van der Waals surface area contributed by atoms with Crippen LogP contribution in [0.2, 0.25) is 0 Å². The van der Waals surface area contributed by atoms with E-state index in [1.165, 1.54) is 10.4 Å². The van der Waals surface area contributed by atoms with Crippen molar-refractivity contribution < 1.29 is 4.74 Å². The average molecular weight is 355 g/mol. The molecule has 1 aromatic carbocycles. The van der Waals surface area contributed by atoms with Crippen LogP contribution in [0.3, 0.4) is 0 Å². The molecule has 0 unspecified atom stereocenters. The van der Waals surface area contributed by atoms with Crippen LogP contribution in [0.15, 0.2) is 29.1 Å². The van der Waals surface area contributed by atoms with Crippen LogP contribution in [0, 0.1) is 0 Å². The molecule has 4 rings (SSSR count). The fourth-order valence-corrected chi connectivity index (χ4v) is 4.80. The lowest BCUT2D eigenvalue weighted by Crippen LogP contribution is -2.22. The summed E-state index contributed by atoms with van der Waals surface area (Å²) in [5.41, 5.74) is 2.30. The molecule has 0 aliphatic heterocycles. The molecule has 1 atom stereocenters. The molecule has 130 valence electrons. The minimum absolute atomic E-state index is 0.00820. The molecule has 0 saturated heterocycles. The van der Waals surface area contributed by atoms with Crippen LogP contribution in [0.4, 0.5) is 0 Å². The minimum Gasteiger partial charge on any atom is -0.496 e. The van der Waals surface area contributed by atoms with E-state index in [2.05, 4.69) is 22.2 Å². The molecular formula is C19H21N3O2S. The van der Waals surface area contributed by atoms with E-state index in [9.17, 15) is 4.79 Å². The molecule has 1 aliphatic carbocycles. The molecule has 0 amide bonds. The number of para-hydroxylation sites is 1. The highest BCUT2D eigenvalue weighted by molar-refractivity contribution is 7.18. The topological polar surface area (TPSA) is 67.0 Å². The van der Waals surface area contributed by atoms with Crippen LogP contribution in [0.5, 0.6) is 5.75 Å². The number of fused-ring (bicyclic) bond motifs is 3. The van der Waals surface area contributed by atoms with Crippen LogP contribution >= 0.6 is 11.3 Å². The smallest absolute Gasteiger partial charge is 0.259 e. The van der Waals surface area contributed by atoms with Crippen LogP contribution in [-0.2, 0) is 19.4 Å². The van der Waals surface area contributed by atoms with Gasteiger partial charge in [0.25, 0.3) is 5.56 Å². The second-order valence-electron chi connectivity index (χ2n) is 6.39. The van der Waals surface area contributed by atoms with Crippen LogP contribution in [0.1, 0.15) is 41.2 Å². The van der Waals surface area contributed by atoms with E-state index in [-0.39, 0.29) is 11.6 Å². The predicted molar refractivity (Wildman–Crippen MR) is 101 cm³/mol. The number of nitrogens with one attached hydrogen (secondary N) is 2. The van der Waals surface area contributed by atoms with Crippen molar-refractivity contribution in [2.75, 3.05) is 7.11 Å². The molecular weight excluding hydrogens is 334 g/mol. The number of methoxy groups -OCH3 is 1. The molecule has 5 nitrogen and oxygen atoms in total. The molecule has 0 spiro atoms. The summed E-state index contributed by atoms with van der Waals surface area (Å²) >= 11 is 1.67. The van der Waals surface area contributed by atoms with Crippen molar-refractivity contribution in [2.45, 2.75) is 38.8 Å². The largest absolute Gasteiger partial charge is 0.496 e. The van der Waals surface area contributed by atoms with Gasteiger partial charge in [0.05, 0.1) is 19.0 Å². The molecule has 0 bridgehead atoms. The molecule has 0 fully saturated rings. The van der Waals surface area contributed by atoms with E-state index in [1.807, 2.05) is 24.3 Å². The number of H-pyrrole nitrogens is 1. The van der Waals surface area contributed by atoms with Crippen molar-refractivity contribution in [2.24, 2.45) is 0 Å². The van der Waals surface area contributed by atoms with Crippen LogP contribution in [-0.4, -0.2) is 17.1 Å². The van der Waals surface area contributed by atoms with Gasteiger partial charge in [-0.05, 0) is 37.8 Å². The number of benzene rings is 1. The summed E-state index contributed by atoms with van der Waals surface area (Å²) in [5, 5.41) is 4.23. The maximum Gasteiger partial charge on any atom is 0.259 e. The highest BCUT2D eigenvalue weighted by Gasteiger charge is 2.21. The highest BCUT2D eigenvalue weighted by atomic mass is 32.1. The maximum atomic E-state index is 12.5. The Morgan fingerprint density at radius 3 is 3.04 bits per heavy atom. The average Bonchev–Trinajstić information content (AvgIpc) is 3.20. The number of aromatic amines is 1. The zero-order valence-electron chi connectivity index (χ0n) is 14.4. The lowest BCUT2D eigenvalue weighted by Gasteiger charge is -2.16. The van der Waals surface area contributed by atoms with Gasteiger partial charge in [-0.1, -0.05) is 18.2 Å². The van der Waals surface area contributed by atoms with Crippen molar-refractivity contribution in [1.29, 1.82) is 0 Å². The number of rotatable bonds is 5. The number of hydrogen-bond donors (Lipinski definition) is 2. The third-order valence-corrected chi connectivity index (χ3v) is 5.99. The number of thiophene rings is 1. The zero-order valence-corrected chi connectivity index (χ0v) is 15.2. The fraction of sp³-hybridized carbons (Fsp3) is 0.368. The highest BCUT2D eigenvalue weighted by Crippen LogP contribution is 2.34. The van der Waals surface area contributed by atoms with Gasteiger partial charge in [0.15, 0.2) is 0 Å². The normalized spacial score (nSPS) is 14.6. The Balaban J connectivity index is 1.56. The van der Waals surface area contributed by atoms with Crippen LogP contribution in [0.25, 0.3) is 10.2 Å². The van der Waals surface area contributed by atoms with Crippen molar-refractivity contribution in [3.05, 3.63) is 56.4 Å². The standard InChI is InChI=1S/C19H21N3O2S/c1-11(12-6-3-4-8-14(12)24-2)20-10-16-21-18(23)17-13-7-5-9-15(13)25-19(17)22-16/h3-4,6,8,11,20H,5,7,9-10H2,1-2H3,(H,21,22,23)/t11-/m0/s1. The predicted octanol–water partition coefficient (Wildman–Crippen LogP) is 3.33. The Hall–Kier alpha value is -2.18. The van der Waals surface area contributed by atoms with Crippen LogP contribution < -0.4 is 15.6 Å². The van der Waals surface area contributed by atoms with E-state index in [1.54, 1.807) is 18.4 Å². The third kappa shape index (κ3) is 2.96. The van der Waals surface area contributed by atoms with Gasteiger partial charge in [-0.3, -0.25) is 4.79 Å². The van der Waals surface area contributed by atoms with Gasteiger partial charge >= 0.3 is 0 Å². The Morgan fingerprint density at radius 2 is 2.20 bits per heavy atom. The summed E-state index contributed by atoms with van der Waals surface area (Å²) in [6, 6.07) is 8.03. The quantitative estimate of drug-likeness (QED) is 0.737. The van der Waals surface area contributed by atoms with E-state index < -0.39 is 0 Å². The lowest BCUT2D eigenvalue weighted by atomic mass is 10.1. The van der Waals surface area contributed by atoms with E-state index in [0.29, 0.717) is 12.4 Å². The Morgan fingerprint density at radius 1 is 1.36 bits per heavy atom. The monoisotopic (exact) mass is 355 g/mol. The first-order valence-corrected chi connectivity index (χ1v) is 9.38. The minimum atomic E-state index is -0.00820. The number of hydrogen-bond acceptors (Lipinski definition) is 5. The molecule has 0 radical (unpaired) electrons. The summed E-state index contributed by atoms with van der Waals surface area (Å²) in [6.45, 7) is 2.58. The first-order chi connectivity index (χ1) is 12.2. The summed E-state index contributed by atoms with van der Waals surface area (Å²) in [7, 11) is 1.68. The van der Waals surface area contributed by atoms with Gasteiger partial charge in [0.2, 0.25) is 0 Å². The van der Waals surface area contributed by atoms with Crippen molar-refractivity contribution in [1.82, 2.24) is 15.3 Å². The van der Waals surface area contributed by atoms with Gasteiger partial charge in [-0.15, -0.1) is 11.3 Å². The second kappa shape index (κ2) is 6.61. The summed E-state index contributed by atoms with van der Waals surface area (Å²) in [4.78, 5) is 22.3. The summed E-state index contributed by atoms with van der Waals surface area (Å²) in [5.74, 6) is 1.54. The Kier molecular flexibility index (Phi) is 4.31. The molecule has 1 aliphatic rings. The fourth-order valence-electron chi connectivity index (χ4n) is 3.51. The molecule has 0 saturated carbocycles. The Bertz CT molecular complexity index is 976. The van der Waals surface area contributed by atoms with Crippen molar-refractivity contribution >= 4 is 21.6 Å². The molecule has 2 heterocycles. The van der Waals surface area contributed by atoms with Gasteiger partial charge < -0.3 is 15.0 Å². The van der Waals surface area contributed by atoms with Gasteiger partial charge in [0, 0.05) is 16.5 Å². The maximum absolute atomic E-state index is 12.5. The molecule has 3 aromatic rings. The Labute approximate surface area is 150 Å². The number of ether oxygens (including phenoxy) is 1. The summed E-state index contributed by atoms with van der Waals surface area (Å²) in [6.07, 6.45) is 3.23. The molecule has 6 heteroatoms. The SMILES string of the molecule is COc1ccccc1[C@H](C)NCc1nc2sc3c(c2c(=O)[nH]1)CCC3. The lowest BCUT2D eigenvalue weighted by molar-refractivity contribution is 0.401. The van der Waals surface area contributed by atoms with Gasteiger partial charge in [-0.25, -0.2) is 4.98 Å². The van der Waals surface area contributed by atoms with E-state index in [0.717, 1.165) is 40.8 Å².